The zero-order chi connectivity index (χ0) is 13.5. The van der Waals surface area contributed by atoms with Crippen LogP contribution in [0.25, 0.3) is 0 Å². The van der Waals surface area contributed by atoms with Crippen molar-refractivity contribution in [1.82, 2.24) is 10.2 Å². The third-order valence-corrected chi connectivity index (χ3v) is 3.68. The highest BCUT2D eigenvalue weighted by molar-refractivity contribution is 8.00. The molecule has 0 aliphatic carbocycles. The van der Waals surface area contributed by atoms with Gasteiger partial charge in [0.2, 0.25) is 11.8 Å². The van der Waals surface area contributed by atoms with E-state index >= 15 is 0 Å². The molecule has 1 atom stereocenters. The molecule has 0 spiro atoms. The van der Waals surface area contributed by atoms with Crippen molar-refractivity contribution in [2.75, 3.05) is 24.6 Å². The minimum absolute atomic E-state index is 0.0743. The van der Waals surface area contributed by atoms with Crippen LogP contribution in [0.1, 0.15) is 19.8 Å². The summed E-state index contributed by atoms with van der Waals surface area (Å²) >= 11 is 1.06. The lowest BCUT2D eigenvalue weighted by molar-refractivity contribution is -0.134. The van der Waals surface area contributed by atoms with Gasteiger partial charge in [-0.15, -0.1) is 11.8 Å². The van der Waals surface area contributed by atoms with Gasteiger partial charge in [0.15, 0.2) is 0 Å². The highest BCUT2D eigenvalue weighted by Crippen LogP contribution is 2.16. The second kappa shape index (κ2) is 7.25. The second-order valence-electron chi connectivity index (χ2n) is 4.21. The van der Waals surface area contributed by atoms with Crippen molar-refractivity contribution < 1.29 is 19.5 Å². The molecule has 6 nitrogen and oxygen atoms in total. The second-order valence-corrected chi connectivity index (χ2v) is 5.20. The minimum atomic E-state index is -0.927. The van der Waals surface area contributed by atoms with Crippen LogP contribution in [-0.4, -0.2) is 58.4 Å². The minimum Gasteiger partial charge on any atom is -0.481 e. The maximum Gasteiger partial charge on any atom is 0.313 e. The summed E-state index contributed by atoms with van der Waals surface area (Å²) in [5, 5.41) is 11.1. The molecule has 102 valence electrons. The van der Waals surface area contributed by atoms with Crippen LogP contribution in [-0.2, 0) is 14.4 Å². The molecule has 2 amide bonds. The highest BCUT2D eigenvalue weighted by atomic mass is 32.2. The average Bonchev–Trinajstić information content (AvgIpc) is 2.60. The molecule has 1 aliphatic heterocycles. The normalized spacial score (nSPS) is 19.1. The molecular weight excluding hydrogens is 256 g/mol. The number of carbonyl (C=O) groups is 3. The Hall–Kier alpha value is -1.24. The first-order chi connectivity index (χ1) is 8.50. The van der Waals surface area contributed by atoms with Crippen molar-refractivity contribution in [3.63, 3.8) is 0 Å². The molecule has 0 unspecified atom stereocenters. The van der Waals surface area contributed by atoms with Crippen LogP contribution in [0.4, 0.5) is 0 Å². The summed E-state index contributed by atoms with van der Waals surface area (Å²) in [4.78, 5) is 34.8. The molecule has 18 heavy (non-hydrogen) atoms. The lowest BCUT2D eigenvalue weighted by Crippen LogP contribution is -2.39. The first kappa shape index (κ1) is 14.8. The van der Waals surface area contributed by atoms with E-state index in [2.05, 4.69) is 5.32 Å². The number of thioether (sulfide) groups is 1. The number of carbonyl (C=O) groups excluding carboxylic acids is 2. The Bertz CT molecular complexity index is 335. The van der Waals surface area contributed by atoms with E-state index in [1.165, 1.54) is 0 Å². The summed E-state index contributed by atoms with van der Waals surface area (Å²) in [5.74, 6) is -0.924. The molecule has 0 saturated carbocycles. The number of nitrogens with one attached hydrogen (secondary N) is 1. The summed E-state index contributed by atoms with van der Waals surface area (Å²) in [6, 6.07) is 0.246. The molecule has 0 aromatic rings. The van der Waals surface area contributed by atoms with E-state index in [-0.39, 0.29) is 29.4 Å². The van der Waals surface area contributed by atoms with E-state index in [1.54, 1.807) is 4.90 Å². The molecule has 1 heterocycles. The zero-order valence-electron chi connectivity index (χ0n) is 10.3. The zero-order valence-corrected chi connectivity index (χ0v) is 11.2. The van der Waals surface area contributed by atoms with Crippen LogP contribution in [0.3, 0.4) is 0 Å². The van der Waals surface area contributed by atoms with Crippen molar-refractivity contribution in [2.24, 2.45) is 0 Å². The molecule has 0 bridgehead atoms. The predicted octanol–water partition coefficient (Wildman–Crippen LogP) is -0.0687. The van der Waals surface area contributed by atoms with Gasteiger partial charge in [-0.05, 0) is 13.3 Å². The van der Waals surface area contributed by atoms with Gasteiger partial charge < -0.3 is 15.3 Å². The van der Waals surface area contributed by atoms with Crippen LogP contribution in [0.2, 0.25) is 0 Å². The number of amides is 2. The summed E-state index contributed by atoms with van der Waals surface area (Å²) < 4.78 is 0. The van der Waals surface area contributed by atoms with E-state index < -0.39 is 5.97 Å². The number of carboxylic acid groups (broad SMARTS) is 1. The maximum absolute atomic E-state index is 11.5. The Morgan fingerprint density at radius 1 is 1.50 bits per heavy atom. The fourth-order valence-corrected chi connectivity index (χ4v) is 2.38. The van der Waals surface area contributed by atoms with Gasteiger partial charge in [-0.2, -0.15) is 0 Å². The highest BCUT2D eigenvalue weighted by Gasteiger charge is 2.26. The van der Waals surface area contributed by atoms with Crippen molar-refractivity contribution in [1.29, 1.82) is 0 Å². The molecule has 0 aromatic heterocycles. The van der Waals surface area contributed by atoms with Crippen molar-refractivity contribution in [3.8, 4) is 0 Å². The third kappa shape index (κ3) is 4.95. The Labute approximate surface area is 110 Å². The van der Waals surface area contributed by atoms with E-state index in [9.17, 15) is 14.4 Å². The topological polar surface area (TPSA) is 86.7 Å². The lowest BCUT2D eigenvalue weighted by Gasteiger charge is -2.21. The fraction of sp³-hybridized carbons (Fsp3) is 0.727. The van der Waals surface area contributed by atoms with Crippen LogP contribution >= 0.6 is 11.8 Å². The summed E-state index contributed by atoms with van der Waals surface area (Å²) in [7, 11) is 0. The van der Waals surface area contributed by atoms with Gasteiger partial charge >= 0.3 is 5.97 Å². The lowest BCUT2D eigenvalue weighted by atomic mass is 10.2. The molecule has 2 N–H and O–H groups in total. The monoisotopic (exact) mass is 274 g/mol. The average molecular weight is 274 g/mol. The number of hydrogen-bond donors (Lipinski definition) is 2. The van der Waals surface area contributed by atoms with Crippen molar-refractivity contribution in [3.05, 3.63) is 0 Å². The SMILES string of the molecule is C[C@H]1CCC(=O)N1CCNC(=O)CSCC(=O)O. The largest absolute Gasteiger partial charge is 0.481 e. The Morgan fingerprint density at radius 2 is 2.22 bits per heavy atom. The van der Waals surface area contributed by atoms with Gasteiger partial charge in [-0.25, -0.2) is 0 Å². The molecule has 0 aromatic carbocycles. The molecule has 1 aliphatic rings. The Morgan fingerprint density at radius 3 is 2.78 bits per heavy atom. The number of likely N-dealkylation sites (tertiary alicyclic amines) is 1. The summed E-state index contributed by atoms with van der Waals surface area (Å²) in [6.07, 6.45) is 1.46. The standard InChI is InChI=1S/C11H18N2O4S/c1-8-2-3-10(15)13(8)5-4-12-9(14)6-18-7-11(16)17/h8H,2-7H2,1H3,(H,12,14)(H,16,17)/t8-/m0/s1. The number of aliphatic carboxylic acids is 1. The van der Waals surface area contributed by atoms with E-state index in [0.29, 0.717) is 19.5 Å². The van der Waals surface area contributed by atoms with E-state index in [4.69, 9.17) is 5.11 Å². The van der Waals surface area contributed by atoms with Gasteiger partial charge in [0, 0.05) is 25.6 Å². The molecule has 7 heteroatoms. The molecule has 1 fully saturated rings. The Balaban J connectivity index is 2.11. The predicted molar refractivity (Wildman–Crippen MR) is 68.4 cm³/mol. The molecule has 1 saturated heterocycles. The van der Waals surface area contributed by atoms with E-state index in [1.807, 2.05) is 6.92 Å². The quantitative estimate of drug-likeness (QED) is 0.678. The first-order valence-electron chi connectivity index (χ1n) is 5.86. The molecular formula is C11H18N2O4S. The molecule has 1 rings (SSSR count). The number of nitrogens with zero attached hydrogens (tertiary/aromatic N) is 1. The van der Waals surface area contributed by atoms with Crippen LogP contribution in [0.5, 0.6) is 0 Å². The van der Waals surface area contributed by atoms with Gasteiger partial charge in [-0.3, -0.25) is 14.4 Å². The summed E-state index contributed by atoms with van der Waals surface area (Å²) in [5.41, 5.74) is 0. The Kier molecular flexibility index (Phi) is 5.97. The van der Waals surface area contributed by atoms with Crippen LogP contribution in [0.15, 0.2) is 0 Å². The van der Waals surface area contributed by atoms with Gasteiger partial charge in [0.25, 0.3) is 0 Å². The van der Waals surface area contributed by atoms with E-state index in [0.717, 1.165) is 18.2 Å². The van der Waals surface area contributed by atoms with Gasteiger partial charge in [0.05, 0.1) is 11.5 Å². The van der Waals surface area contributed by atoms with Crippen molar-refractivity contribution in [2.45, 2.75) is 25.8 Å². The van der Waals surface area contributed by atoms with Crippen molar-refractivity contribution >= 4 is 29.5 Å². The van der Waals surface area contributed by atoms with Crippen LogP contribution < -0.4 is 5.32 Å². The number of carboxylic acids is 1. The first-order valence-corrected chi connectivity index (χ1v) is 7.02. The van der Waals surface area contributed by atoms with Gasteiger partial charge in [-0.1, -0.05) is 0 Å². The third-order valence-electron chi connectivity index (χ3n) is 2.76. The smallest absolute Gasteiger partial charge is 0.313 e. The van der Waals surface area contributed by atoms with Gasteiger partial charge in [0.1, 0.15) is 0 Å². The molecule has 0 radical (unpaired) electrons. The number of rotatable bonds is 7. The number of hydrogen-bond acceptors (Lipinski definition) is 4. The fourth-order valence-electron chi connectivity index (χ4n) is 1.82. The maximum atomic E-state index is 11.5. The summed E-state index contributed by atoms with van der Waals surface area (Å²) in [6.45, 7) is 2.94. The van der Waals surface area contributed by atoms with Crippen LogP contribution in [0, 0.1) is 0 Å².